The van der Waals surface area contributed by atoms with Crippen molar-refractivity contribution in [2.75, 3.05) is 23.9 Å². The monoisotopic (exact) mass is 834 g/mol. The SMILES string of the molecule is BrB(Br)Br.CCCc1ccc(Oc2ccc(N)nc2)c(O)c1.CCCc1ccc(Oc2ccc(N)nc2)c(OC)c1.ClCCl. The average molecular weight is 838 g/mol. The van der Waals surface area contributed by atoms with Gasteiger partial charge >= 0.3 is 3.18 Å². The molecule has 4 aromatic rings. The fraction of sp³-hybridized carbons (Fsp3) is 0.267. The van der Waals surface area contributed by atoms with Gasteiger partial charge < -0.3 is 30.8 Å². The Labute approximate surface area is 294 Å². The van der Waals surface area contributed by atoms with Crippen LogP contribution in [0.25, 0.3) is 0 Å². The van der Waals surface area contributed by atoms with E-state index in [1.807, 2.05) is 24.3 Å². The number of benzene rings is 2. The molecular formula is C30H36BBr3Cl2N4O4. The number of ether oxygens (including phenoxy) is 3. The predicted molar refractivity (Wildman–Crippen MR) is 196 cm³/mol. The highest BCUT2D eigenvalue weighted by Crippen LogP contribution is 2.33. The first kappa shape index (κ1) is 39.6. The van der Waals surface area contributed by atoms with Crippen LogP contribution in [0.15, 0.2) is 73.1 Å². The molecule has 0 radical (unpaired) electrons. The zero-order chi connectivity index (χ0) is 32.9. The van der Waals surface area contributed by atoms with Crippen molar-refractivity contribution in [3.05, 3.63) is 84.2 Å². The third kappa shape index (κ3) is 16.6. The van der Waals surface area contributed by atoms with E-state index < -0.39 is 0 Å². The number of phenolic OH excluding ortho intramolecular Hbond substituents is 1. The molecule has 238 valence electrons. The molecule has 0 spiro atoms. The number of nitrogen functional groups attached to an aromatic ring is 2. The fourth-order valence-corrected chi connectivity index (χ4v) is 3.49. The van der Waals surface area contributed by atoms with Gasteiger partial charge in [0, 0.05) is 0 Å². The Bertz CT molecular complexity index is 1360. The van der Waals surface area contributed by atoms with E-state index in [1.54, 1.807) is 49.7 Å². The van der Waals surface area contributed by atoms with E-state index in [-0.39, 0.29) is 14.3 Å². The molecule has 0 bridgehead atoms. The number of nitrogens with zero attached hydrogens (tertiary/aromatic N) is 2. The van der Waals surface area contributed by atoms with Crippen LogP contribution < -0.4 is 25.7 Å². The molecular weight excluding hydrogens is 802 g/mol. The van der Waals surface area contributed by atoms with E-state index in [1.165, 1.54) is 11.8 Å². The van der Waals surface area contributed by atoms with Crippen LogP contribution in [-0.4, -0.2) is 30.7 Å². The van der Waals surface area contributed by atoms with Crippen LogP contribution in [0.1, 0.15) is 37.8 Å². The fourth-order valence-electron chi connectivity index (χ4n) is 3.49. The van der Waals surface area contributed by atoms with E-state index in [0.29, 0.717) is 34.6 Å². The molecule has 0 aliphatic carbocycles. The second-order valence-electron chi connectivity index (χ2n) is 8.68. The molecule has 0 unspecified atom stereocenters. The largest absolute Gasteiger partial charge is 0.504 e. The van der Waals surface area contributed by atoms with Crippen molar-refractivity contribution in [1.82, 2.24) is 9.97 Å². The number of halogens is 5. The van der Waals surface area contributed by atoms with E-state index in [9.17, 15) is 5.11 Å². The summed E-state index contributed by atoms with van der Waals surface area (Å²) in [6.45, 7) is 4.25. The van der Waals surface area contributed by atoms with E-state index in [0.717, 1.165) is 37.0 Å². The molecule has 4 rings (SSSR count). The first-order valence-electron chi connectivity index (χ1n) is 13.4. The van der Waals surface area contributed by atoms with E-state index in [4.69, 9.17) is 48.9 Å². The van der Waals surface area contributed by atoms with Crippen molar-refractivity contribution in [2.45, 2.75) is 39.5 Å². The molecule has 0 aliphatic rings. The number of pyridine rings is 2. The predicted octanol–water partition coefficient (Wildman–Crippen LogP) is 10.1. The number of phenols is 1. The zero-order valence-corrected chi connectivity index (χ0v) is 30.9. The average Bonchev–Trinajstić information content (AvgIpc) is 2.98. The van der Waals surface area contributed by atoms with Crippen molar-refractivity contribution >= 4 is 85.3 Å². The third-order valence-electron chi connectivity index (χ3n) is 5.30. The molecule has 14 heteroatoms. The van der Waals surface area contributed by atoms with Gasteiger partial charge in [-0.05, 0) is 72.5 Å². The number of aryl methyl sites for hydroxylation is 2. The summed E-state index contributed by atoms with van der Waals surface area (Å²) in [6.07, 6.45) is 7.23. The highest BCUT2D eigenvalue weighted by molar-refractivity contribution is 9.69. The second kappa shape index (κ2) is 23.0. The summed E-state index contributed by atoms with van der Waals surface area (Å²) in [6, 6.07) is 18.2. The second-order valence-corrected chi connectivity index (χ2v) is 15.9. The van der Waals surface area contributed by atoms with Gasteiger partial charge in [0.1, 0.15) is 23.1 Å². The van der Waals surface area contributed by atoms with Gasteiger partial charge in [0.05, 0.1) is 24.8 Å². The Hall–Kier alpha value is -2.38. The van der Waals surface area contributed by atoms with Crippen LogP contribution in [-0.2, 0) is 12.8 Å². The lowest BCUT2D eigenvalue weighted by Crippen LogP contribution is -1.94. The van der Waals surface area contributed by atoms with Crippen LogP contribution in [0.4, 0.5) is 11.6 Å². The number of aromatic hydroxyl groups is 1. The van der Waals surface area contributed by atoms with E-state index >= 15 is 0 Å². The van der Waals surface area contributed by atoms with Crippen molar-refractivity contribution in [2.24, 2.45) is 0 Å². The summed E-state index contributed by atoms with van der Waals surface area (Å²) in [4.78, 5) is 7.91. The smallest absolute Gasteiger partial charge is 0.369 e. The van der Waals surface area contributed by atoms with E-state index in [2.05, 4.69) is 71.1 Å². The normalized spacial score (nSPS) is 9.64. The van der Waals surface area contributed by atoms with Crippen molar-refractivity contribution in [1.29, 1.82) is 0 Å². The lowest BCUT2D eigenvalue weighted by Gasteiger charge is -2.11. The summed E-state index contributed by atoms with van der Waals surface area (Å²) in [5, 5.41) is 10.1. The van der Waals surface area contributed by atoms with Gasteiger partial charge in [-0.1, -0.05) is 38.8 Å². The minimum Gasteiger partial charge on any atom is -0.504 e. The lowest BCUT2D eigenvalue weighted by atomic mass is 10.1. The van der Waals surface area contributed by atoms with Gasteiger partial charge in [-0.3, -0.25) is 0 Å². The molecule has 2 heterocycles. The molecule has 0 atom stereocenters. The zero-order valence-electron chi connectivity index (χ0n) is 24.7. The summed E-state index contributed by atoms with van der Waals surface area (Å²) < 4.78 is 16.9. The minimum atomic E-state index is 0.137. The molecule has 0 saturated carbocycles. The van der Waals surface area contributed by atoms with Gasteiger partial charge in [-0.15, -0.1) is 70.5 Å². The molecule has 0 saturated heterocycles. The third-order valence-corrected chi connectivity index (χ3v) is 5.30. The molecule has 2 aromatic heterocycles. The summed E-state index contributed by atoms with van der Waals surface area (Å²) in [7, 11) is 1.64. The maximum atomic E-state index is 9.86. The lowest BCUT2D eigenvalue weighted by molar-refractivity contribution is 0.378. The Morgan fingerprint density at radius 1 is 0.727 bits per heavy atom. The summed E-state index contributed by atoms with van der Waals surface area (Å²) in [5.74, 6) is 4.04. The van der Waals surface area contributed by atoms with Crippen LogP contribution in [0.5, 0.6) is 34.5 Å². The number of anilines is 2. The Kier molecular flexibility index (Phi) is 20.8. The van der Waals surface area contributed by atoms with Crippen LogP contribution in [0, 0.1) is 0 Å². The Morgan fingerprint density at radius 2 is 1.16 bits per heavy atom. The molecule has 8 nitrogen and oxygen atoms in total. The highest BCUT2D eigenvalue weighted by atomic mass is 79.9. The molecule has 0 fully saturated rings. The van der Waals surface area contributed by atoms with Gasteiger partial charge in [0.25, 0.3) is 0 Å². The maximum Gasteiger partial charge on any atom is 0.369 e. The Balaban J connectivity index is 0.000000364. The molecule has 0 aliphatic heterocycles. The summed E-state index contributed by atoms with van der Waals surface area (Å²) in [5.41, 5.74) is 13.4. The number of alkyl halides is 2. The van der Waals surface area contributed by atoms with Gasteiger partial charge in [0.2, 0.25) is 0 Å². The molecule has 2 aromatic carbocycles. The van der Waals surface area contributed by atoms with Crippen LogP contribution in [0.2, 0.25) is 0 Å². The number of rotatable bonds is 9. The topological polar surface area (TPSA) is 126 Å². The van der Waals surface area contributed by atoms with Gasteiger partial charge in [-0.25, -0.2) is 9.97 Å². The van der Waals surface area contributed by atoms with Crippen molar-refractivity contribution < 1.29 is 19.3 Å². The first-order chi connectivity index (χ1) is 21.1. The quantitative estimate of drug-likeness (QED) is 0.112. The highest BCUT2D eigenvalue weighted by Gasteiger charge is 2.08. The maximum absolute atomic E-state index is 9.86. The number of nitrogens with two attached hydrogens (primary N) is 2. The Morgan fingerprint density at radius 3 is 1.55 bits per heavy atom. The van der Waals surface area contributed by atoms with Crippen molar-refractivity contribution in [3.8, 4) is 34.5 Å². The molecule has 0 amide bonds. The number of methoxy groups -OCH3 is 1. The standard InChI is InChI=1S/C15H18N2O2.C14H16N2O2.CH2Cl2.BBr3/c1-3-4-11-5-7-13(14(9-11)18-2)19-12-6-8-15(16)17-10-12;1-2-3-10-4-6-13(12(17)8-10)18-11-5-7-14(15)16-9-11;2-1-3;2-1(3)4/h5-10H,3-4H2,1-2H3,(H2,16,17);4-9,17H,2-3H2,1H3,(H2,15,16);1H2;. The molecule has 5 N–H and O–H groups in total. The van der Waals surface area contributed by atoms with Gasteiger partial charge in [-0.2, -0.15) is 0 Å². The van der Waals surface area contributed by atoms with Crippen LogP contribution in [0.3, 0.4) is 0 Å². The van der Waals surface area contributed by atoms with Crippen molar-refractivity contribution in [3.63, 3.8) is 0 Å². The van der Waals surface area contributed by atoms with Gasteiger partial charge in [0.15, 0.2) is 23.0 Å². The minimum absolute atomic E-state index is 0.137. The first-order valence-corrected chi connectivity index (χ1v) is 17.2. The summed E-state index contributed by atoms with van der Waals surface area (Å²) >= 11 is 18.8. The number of hydrogen-bond acceptors (Lipinski definition) is 8. The number of aromatic nitrogens is 2. The number of hydrogen-bond donors (Lipinski definition) is 3. The van der Waals surface area contributed by atoms with Crippen LogP contribution >= 0.6 is 70.5 Å². The molecule has 44 heavy (non-hydrogen) atoms.